The average Bonchev–Trinajstić information content (AvgIpc) is 3.25. The second-order valence-corrected chi connectivity index (χ2v) is 8.42. The van der Waals surface area contributed by atoms with Crippen molar-refractivity contribution in [3.05, 3.63) is 77.5 Å². The number of phenolic OH excluding ortho intramolecular Hbond substituents is 1. The first-order chi connectivity index (χ1) is 16.5. The van der Waals surface area contributed by atoms with Gasteiger partial charge >= 0.3 is 0 Å². The van der Waals surface area contributed by atoms with Crippen LogP contribution >= 0.6 is 0 Å². The zero-order chi connectivity index (χ0) is 23.8. The summed E-state index contributed by atoms with van der Waals surface area (Å²) in [6.45, 7) is 1.93. The molecule has 2 atom stereocenters. The van der Waals surface area contributed by atoms with Gasteiger partial charge in [-0.1, -0.05) is 18.2 Å². The summed E-state index contributed by atoms with van der Waals surface area (Å²) < 4.78 is 17.1. The van der Waals surface area contributed by atoms with Crippen molar-refractivity contribution in [2.24, 2.45) is 0 Å². The monoisotopic (exact) mass is 458 g/mol. The fraction of sp³-hybridized carbons (Fsp3) is 0.222. The number of amides is 1. The molecule has 2 unspecified atom stereocenters. The van der Waals surface area contributed by atoms with Gasteiger partial charge in [0.1, 0.15) is 11.5 Å². The molecule has 7 nitrogen and oxygen atoms in total. The van der Waals surface area contributed by atoms with Gasteiger partial charge in [0.05, 0.1) is 20.8 Å². The van der Waals surface area contributed by atoms with E-state index in [4.69, 9.17) is 14.2 Å². The van der Waals surface area contributed by atoms with Crippen molar-refractivity contribution in [2.45, 2.75) is 18.8 Å². The van der Waals surface area contributed by atoms with Crippen molar-refractivity contribution in [1.29, 1.82) is 0 Å². The zero-order valence-electron chi connectivity index (χ0n) is 19.2. The number of aromatic nitrogens is 1. The van der Waals surface area contributed by atoms with E-state index in [1.165, 1.54) is 6.92 Å². The van der Waals surface area contributed by atoms with Gasteiger partial charge in [-0.25, -0.2) is 0 Å². The van der Waals surface area contributed by atoms with Crippen LogP contribution in [-0.4, -0.2) is 36.8 Å². The van der Waals surface area contributed by atoms with Crippen LogP contribution in [0, 0.1) is 0 Å². The molecule has 1 amide bonds. The van der Waals surface area contributed by atoms with Crippen molar-refractivity contribution >= 4 is 22.5 Å². The molecule has 0 bridgehead atoms. The summed E-state index contributed by atoms with van der Waals surface area (Å²) in [6, 6.07) is 17.1. The molecule has 0 saturated heterocycles. The van der Waals surface area contributed by atoms with Crippen LogP contribution in [0.15, 0.2) is 60.8 Å². The lowest BCUT2D eigenvalue weighted by Gasteiger charge is -2.34. The van der Waals surface area contributed by atoms with Gasteiger partial charge in [0.2, 0.25) is 5.91 Å². The normalized spacial score (nSPS) is 17.0. The zero-order valence-corrected chi connectivity index (χ0v) is 19.2. The number of hydrogen-bond donors (Lipinski definition) is 3. The largest absolute Gasteiger partial charge is 0.508 e. The Morgan fingerprint density at radius 2 is 1.76 bits per heavy atom. The number of carbonyl (C=O) groups is 1. The van der Waals surface area contributed by atoms with E-state index < -0.39 is 0 Å². The number of benzene rings is 3. The number of fused-ring (bicyclic) bond motifs is 2. The number of phenols is 1. The first kappa shape index (κ1) is 21.7. The minimum atomic E-state index is -0.110. The van der Waals surface area contributed by atoms with E-state index in [0.717, 1.165) is 33.3 Å². The Hall–Kier alpha value is -4.13. The minimum absolute atomic E-state index is 0.00416. The molecule has 0 aliphatic carbocycles. The second kappa shape index (κ2) is 8.67. The Bertz CT molecular complexity index is 1360. The Morgan fingerprint density at radius 1 is 1.03 bits per heavy atom. The van der Waals surface area contributed by atoms with Crippen molar-refractivity contribution in [3.63, 3.8) is 0 Å². The van der Waals surface area contributed by atoms with E-state index in [1.807, 2.05) is 48.7 Å². The predicted octanol–water partition coefficient (Wildman–Crippen LogP) is 5.16. The summed E-state index contributed by atoms with van der Waals surface area (Å²) in [4.78, 5) is 14.8. The Kier molecular flexibility index (Phi) is 5.53. The maximum atomic E-state index is 11.5. The van der Waals surface area contributed by atoms with Crippen LogP contribution in [-0.2, 0) is 4.79 Å². The molecule has 0 radical (unpaired) electrons. The van der Waals surface area contributed by atoms with Crippen molar-refractivity contribution < 1.29 is 24.1 Å². The first-order valence-corrected chi connectivity index (χ1v) is 11.0. The minimum Gasteiger partial charge on any atom is -0.508 e. The Morgan fingerprint density at radius 3 is 2.47 bits per heavy atom. The lowest BCUT2D eigenvalue weighted by atomic mass is 9.75. The van der Waals surface area contributed by atoms with Crippen molar-refractivity contribution in [3.8, 4) is 23.0 Å². The van der Waals surface area contributed by atoms with E-state index in [0.29, 0.717) is 23.9 Å². The van der Waals surface area contributed by atoms with Gasteiger partial charge in [-0.2, -0.15) is 0 Å². The molecule has 1 aliphatic heterocycles. The number of aromatic hydroxyl groups is 1. The topological polar surface area (TPSA) is 92.8 Å². The summed E-state index contributed by atoms with van der Waals surface area (Å²) >= 11 is 0. The van der Waals surface area contributed by atoms with Crippen LogP contribution in [0.1, 0.15) is 35.4 Å². The first-order valence-electron chi connectivity index (χ1n) is 11.0. The molecule has 7 heteroatoms. The molecule has 1 aliphatic rings. The van der Waals surface area contributed by atoms with Crippen molar-refractivity contribution in [1.82, 2.24) is 4.98 Å². The smallest absolute Gasteiger partial charge is 0.221 e. The van der Waals surface area contributed by atoms with Crippen molar-refractivity contribution in [2.75, 3.05) is 26.1 Å². The summed E-state index contributed by atoms with van der Waals surface area (Å²) in [5.41, 5.74) is 4.88. The van der Waals surface area contributed by atoms with E-state index in [1.54, 1.807) is 26.4 Å². The van der Waals surface area contributed by atoms with Crippen LogP contribution in [0.25, 0.3) is 10.9 Å². The lowest BCUT2D eigenvalue weighted by Crippen LogP contribution is -2.25. The molecule has 4 aromatic rings. The van der Waals surface area contributed by atoms with E-state index in [2.05, 4.69) is 10.3 Å². The third-order valence-electron chi connectivity index (χ3n) is 6.36. The van der Waals surface area contributed by atoms with Crippen LogP contribution in [0.4, 0.5) is 5.69 Å². The van der Waals surface area contributed by atoms with Gasteiger partial charge in [-0.15, -0.1) is 0 Å². The number of carbonyl (C=O) groups excluding carboxylic acids is 1. The summed E-state index contributed by atoms with van der Waals surface area (Å²) in [5, 5.41) is 13.9. The Balaban J connectivity index is 1.64. The van der Waals surface area contributed by atoms with Crippen LogP contribution in [0.5, 0.6) is 23.0 Å². The predicted molar refractivity (Wildman–Crippen MR) is 130 cm³/mol. The molecule has 0 spiro atoms. The highest BCUT2D eigenvalue weighted by Gasteiger charge is 2.35. The number of nitrogens with one attached hydrogen (secondary N) is 2. The third kappa shape index (κ3) is 3.79. The van der Waals surface area contributed by atoms with Gasteiger partial charge in [-0.3, -0.25) is 4.79 Å². The molecule has 0 fully saturated rings. The van der Waals surface area contributed by atoms with Crippen LogP contribution in [0.2, 0.25) is 0 Å². The highest BCUT2D eigenvalue weighted by Crippen LogP contribution is 2.49. The molecule has 3 N–H and O–H groups in total. The molecule has 34 heavy (non-hydrogen) atoms. The number of ether oxygens (including phenoxy) is 3. The number of H-pyrrole nitrogens is 1. The average molecular weight is 459 g/mol. The van der Waals surface area contributed by atoms with Gasteiger partial charge in [0.25, 0.3) is 0 Å². The quantitative estimate of drug-likeness (QED) is 0.384. The molecular formula is C27H26N2O5. The number of rotatable bonds is 5. The van der Waals surface area contributed by atoms with Crippen LogP contribution < -0.4 is 19.5 Å². The molecule has 0 saturated carbocycles. The summed E-state index contributed by atoms with van der Waals surface area (Å²) in [5.74, 6) is 2.02. The highest BCUT2D eigenvalue weighted by molar-refractivity contribution is 5.89. The van der Waals surface area contributed by atoms with Crippen LogP contribution in [0.3, 0.4) is 0 Å². The fourth-order valence-electron chi connectivity index (χ4n) is 4.83. The Labute approximate surface area is 197 Å². The molecule has 3 aromatic carbocycles. The molecule has 2 heterocycles. The lowest BCUT2D eigenvalue weighted by molar-refractivity contribution is -0.114. The van der Waals surface area contributed by atoms with E-state index in [9.17, 15) is 9.90 Å². The third-order valence-corrected chi connectivity index (χ3v) is 6.36. The summed E-state index contributed by atoms with van der Waals surface area (Å²) in [7, 11) is 3.25. The van der Waals surface area contributed by atoms with E-state index in [-0.39, 0.29) is 23.5 Å². The molecular weight excluding hydrogens is 432 g/mol. The van der Waals surface area contributed by atoms with Gasteiger partial charge < -0.3 is 29.6 Å². The fourth-order valence-corrected chi connectivity index (χ4v) is 4.83. The number of aromatic amines is 1. The maximum Gasteiger partial charge on any atom is 0.221 e. The molecule has 174 valence electrons. The van der Waals surface area contributed by atoms with Gasteiger partial charge in [-0.05, 0) is 35.4 Å². The number of anilines is 1. The number of methoxy groups -OCH3 is 2. The maximum absolute atomic E-state index is 11.5. The number of hydrogen-bond acceptors (Lipinski definition) is 5. The SMILES string of the molecule is COc1cc2[nH]cc(C3COc4cc(O)ccc4C3c3ccc(NC(C)=O)cc3)c2cc1OC. The van der Waals surface area contributed by atoms with Gasteiger partial charge in [0.15, 0.2) is 11.5 Å². The van der Waals surface area contributed by atoms with E-state index >= 15 is 0 Å². The standard InChI is InChI=1S/C27H26N2O5/c1-15(30)29-17-6-4-16(5-7-17)27-19-9-8-18(31)10-24(19)34-14-22(27)21-13-28-23-12-26(33-3)25(32-2)11-20(21)23/h4-13,22,27-28,31H,14H2,1-3H3,(H,29,30). The molecule has 1 aromatic heterocycles. The highest BCUT2D eigenvalue weighted by atomic mass is 16.5. The van der Waals surface area contributed by atoms with Gasteiger partial charge in [0, 0.05) is 59.2 Å². The summed E-state index contributed by atoms with van der Waals surface area (Å²) in [6.07, 6.45) is 2.02. The molecule has 5 rings (SSSR count). The second-order valence-electron chi connectivity index (χ2n) is 8.42.